The Kier molecular flexibility index (Phi) is 7.33. The first kappa shape index (κ1) is 13.9. The van der Waals surface area contributed by atoms with Crippen molar-refractivity contribution in [2.24, 2.45) is 0 Å². The van der Waals surface area contributed by atoms with Crippen molar-refractivity contribution in [2.45, 2.75) is 25.7 Å². The van der Waals surface area contributed by atoms with E-state index in [9.17, 15) is 0 Å². The maximum absolute atomic E-state index is 8.77. The van der Waals surface area contributed by atoms with Gasteiger partial charge in [0.25, 0.3) is 0 Å². The Labute approximate surface area is 108 Å². The molecule has 0 bridgehead atoms. The van der Waals surface area contributed by atoms with E-state index in [2.05, 4.69) is 17.6 Å². The van der Waals surface area contributed by atoms with E-state index >= 15 is 0 Å². The van der Waals surface area contributed by atoms with Gasteiger partial charge in [-0.1, -0.05) is 18.9 Å². The zero-order valence-corrected chi connectivity index (χ0v) is 11.2. The van der Waals surface area contributed by atoms with E-state index in [4.69, 9.17) is 5.26 Å². The molecular formula is C14H20N2S. The highest BCUT2D eigenvalue weighted by Crippen LogP contribution is 2.10. The summed E-state index contributed by atoms with van der Waals surface area (Å²) in [5, 5.41) is 12.1. The van der Waals surface area contributed by atoms with Crippen LogP contribution in [0.15, 0.2) is 24.3 Å². The molecule has 0 atom stereocenters. The average Bonchev–Trinajstić information content (AvgIpc) is 2.38. The fourth-order valence-corrected chi connectivity index (χ4v) is 2.15. The molecular weight excluding hydrogens is 228 g/mol. The molecule has 0 saturated heterocycles. The number of unbranched alkanes of at least 4 members (excludes halogenated alkanes) is 3. The quantitative estimate of drug-likeness (QED) is 0.709. The van der Waals surface area contributed by atoms with Crippen LogP contribution >= 0.6 is 11.8 Å². The Hall–Kier alpha value is -1.14. The van der Waals surface area contributed by atoms with Crippen LogP contribution in [-0.4, -0.2) is 18.6 Å². The largest absolute Gasteiger partial charge is 0.385 e. The van der Waals surface area contributed by atoms with Crippen molar-refractivity contribution in [2.75, 3.05) is 23.9 Å². The first-order valence-electron chi connectivity index (χ1n) is 6.10. The first-order chi connectivity index (χ1) is 8.36. The zero-order chi connectivity index (χ0) is 12.3. The van der Waals surface area contributed by atoms with Gasteiger partial charge in [0.1, 0.15) is 0 Å². The van der Waals surface area contributed by atoms with Crippen molar-refractivity contribution in [3.05, 3.63) is 29.8 Å². The predicted molar refractivity (Wildman–Crippen MR) is 76.5 cm³/mol. The van der Waals surface area contributed by atoms with E-state index in [1.54, 1.807) is 0 Å². The molecule has 1 aromatic carbocycles. The highest BCUT2D eigenvalue weighted by atomic mass is 32.2. The van der Waals surface area contributed by atoms with Gasteiger partial charge in [0, 0.05) is 12.2 Å². The highest BCUT2D eigenvalue weighted by Gasteiger charge is 1.94. The van der Waals surface area contributed by atoms with Gasteiger partial charge in [0.2, 0.25) is 0 Å². The summed E-state index contributed by atoms with van der Waals surface area (Å²) in [7, 11) is 0. The lowest BCUT2D eigenvalue weighted by molar-refractivity contribution is 0.689. The molecule has 0 heterocycles. The molecule has 0 fully saturated rings. The van der Waals surface area contributed by atoms with E-state index in [0.717, 1.165) is 17.8 Å². The standard InChI is InChI=1S/C14H20N2S/c1-17-10-5-3-2-4-9-16-14-8-6-7-13(11-14)12-15/h6-8,11,16H,2-5,9-10H2,1H3. The van der Waals surface area contributed by atoms with Crippen molar-refractivity contribution in [3.8, 4) is 6.07 Å². The van der Waals surface area contributed by atoms with Gasteiger partial charge in [-0.15, -0.1) is 0 Å². The Morgan fingerprint density at radius 3 is 2.82 bits per heavy atom. The summed E-state index contributed by atoms with van der Waals surface area (Å²) in [4.78, 5) is 0. The molecule has 92 valence electrons. The highest BCUT2D eigenvalue weighted by molar-refractivity contribution is 7.98. The third-order valence-electron chi connectivity index (χ3n) is 2.60. The topological polar surface area (TPSA) is 35.8 Å². The van der Waals surface area contributed by atoms with Crippen LogP contribution in [0.1, 0.15) is 31.2 Å². The van der Waals surface area contributed by atoms with Gasteiger partial charge in [-0.3, -0.25) is 0 Å². The van der Waals surface area contributed by atoms with Crippen molar-refractivity contribution < 1.29 is 0 Å². The lowest BCUT2D eigenvalue weighted by Crippen LogP contribution is -2.01. The van der Waals surface area contributed by atoms with Crippen molar-refractivity contribution in [1.29, 1.82) is 5.26 Å². The molecule has 0 spiro atoms. The third-order valence-corrected chi connectivity index (χ3v) is 3.29. The molecule has 0 aliphatic carbocycles. The summed E-state index contributed by atoms with van der Waals surface area (Å²) in [6, 6.07) is 9.80. The lowest BCUT2D eigenvalue weighted by Gasteiger charge is -2.06. The molecule has 3 heteroatoms. The van der Waals surface area contributed by atoms with Crippen molar-refractivity contribution in [3.63, 3.8) is 0 Å². The number of nitriles is 1. The second-order valence-electron chi connectivity index (χ2n) is 4.03. The van der Waals surface area contributed by atoms with Gasteiger partial charge in [-0.25, -0.2) is 0 Å². The van der Waals surface area contributed by atoms with Gasteiger partial charge in [-0.05, 0) is 43.0 Å². The number of thioether (sulfide) groups is 1. The molecule has 0 aromatic heterocycles. The summed E-state index contributed by atoms with van der Waals surface area (Å²) < 4.78 is 0. The van der Waals surface area contributed by atoms with E-state index in [0.29, 0.717) is 0 Å². The van der Waals surface area contributed by atoms with Gasteiger partial charge in [0.15, 0.2) is 0 Å². The Morgan fingerprint density at radius 1 is 1.24 bits per heavy atom. The SMILES string of the molecule is CSCCCCCCNc1cccc(C#N)c1. The Morgan fingerprint density at radius 2 is 2.06 bits per heavy atom. The minimum atomic E-state index is 0.718. The molecule has 0 saturated carbocycles. The molecule has 1 N–H and O–H groups in total. The lowest BCUT2D eigenvalue weighted by atomic mass is 10.2. The molecule has 0 unspecified atom stereocenters. The summed E-state index contributed by atoms with van der Waals surface area (Å²) in [6.07, 6.45) is 7.28. The number of hydrogen-bond acceptors (Lipinski definition) is 3. The van der Waals surface area contributed by atoms with Crippen LogP contribution in [0.5, 0.6) is 0 Å². The molecule has 1 aromatic rings. The smallest absolute Gasteiger partial charge is 0.0992 e. The zero-order valence-electron chi connectivity index (χ0n) is 10.4. The van der Waals surface area contributed by atoms with Crippen LogP contribution in [0.4, 0.5) is 5.69 Å². The number of anilines is 1. The summed E-state index contributed by atoms with van der Waals surface area (Å²) >= 11 is 1.92. The molecule has 0 aliphatic rings. The maximum Gasteiger partial charge on any atom is 0.0992 e. The normalized spacial score (nSPS) is 9.88. The fourth-order valence-electron chi connectivity index (χ4n) is 1.66. The van der Waals surface area contributed by atoms with Crippen LogP contribution in [0.25, 0.3) is 0 Å². The second-order valence-corrected chi connectivity index (χ2v) is 5.01. The Bertz CT molecular complexity index is 357. The molecule has 0 radical (unpaired) electrons. The number of nitrogens with one attached hydrogen (secondary N) is 1. The van der Waals surface area contributed by atoms with E-state index in [-0.39, 0.29) is 0 Å². The minimum absolute atomic E-state index is 0.718. The van der Waals surface area contributed by atoms with Gasteiger partial charge < -0.3 is 5.32 Å². The van der Waals surface area contributed by atoms with Crippen LogP contribution in [0.3, 0.4) is 0 Å². The summed E-state index contributed by atoms with van der Waals surface area (Å²) in [5.74, 6) is 1.28. The number of hydrogen-bond donors (Lipinski definition) is 1. The number of nitrogens with zero attached hydrogens (tertiary/aromatic N) is 1. The fraction of sp³-hybridized carbons (Fsp3) is 0.500. The first-order valence-corrected chi connectivity index (χ1v) is 7.49. The van der Waals surface area contributed by atoms with E-state index in [1.807, 2.05) is 36.0 Å². The average molecular weight is 248 g/mol. The predicted octanol–water partition coefficient (Wildman–Crippen LogP) is 3.89. The molecule has 17 heavy (non-hydrogen) atoms. The summed E-state index contributed by atoms with van der Waals surface area (Å²) in [5.41, 5.74) is 1.77. The molecule has 1 rings (SSSR count). The van der Waals surface area contributed by atoms with Crippen LogP contribution in [0.2, 0.25) is 0 Å². The Balaban J connectivity index is 2.12. The number of rotatable bonds is 8. The van der Waals surface area contributed by atoms with Crippen LogP contribution < -0.4 is 5.32 Å². The van der Waals surface area contributed by atoms with Crippen LogP contribution in [-0.2, 0) is 0 Å². The minimum Gasteiger partial charge on any atom is -0.385 e. The monoisotopic (exact) mass is 248 g/mol. The van der Waals surface area contributed by atoms with Gasteiger partial charge >= 0.3 is 0 Å². The van der Waals surface area contributed by atoms with Gasteiger partial charge in [-0.2, -0.15) is 17.0 Å². The summed E-state index contributed by atoms with van der Waals surface area (Å²) in [6.45, 7) is 0.994. The molecule has 0 aliphatic heterocycles. The molecule has 0 amide bonds. The second kappa shape index (κ2) is 8.95. The maximum atomic E-state index is 8.77. The third kappa shape index (κ3) is 6.23. The van der Waals surface area contributed by atoms with Crippen molar-refractivity contribution in [1.82, 2.24) is 0 Å². The molecule has 2 nitrogen and oxygen atoms in total. The van der Waals surface area contributed by atoms with Crippen LogP contribution in [0, 0.1) is 11.3 Å². The number of benzene rings is 1. The van der Waals surface area contributed by atoms with E-state index in [1.165, 1.54) is 31.4 Å². The van der Waals surface area contributed by atoms with Crippen molar-refractivity contribution >= 4 is 17.4 Å². The van der Waals surface area contributed by atoms with Gasteiger partial charge in [0.05, 0.1) is 11.6 Å². The van der Waals surface area contributed by atoms with E-state index < -0.39 is 0 Å².